The van der Waals surface area contributed by atoms with Crippen molar-refractivity contribution < 1.29 is 9.53 Å². The molecular weight excluding hydrogens is 140 g/mol. The fraction of sp³-hybridized carbons (Fsp3) is 0.667. The normalized spacial score (nSPS) is 10.8. The largest absolute Gasteiger partial charge is 0.466 e. The molecule has 0 spiro atoms. The van der Waals surface area contributed by atoms with Crippen LogP contribution in [0.4, 0.5) is 0 Å². The molecule has 2 nitrogen and oxygen atoms in total. The van der Waals surface area contributed by atoms with E-state index in [1.807, 2.05) is 20.8 Å². The van der Waals surface area contributed by atoms with Crippen molar-refractivity contribution in [1.82, 2.24) is 0 Å². The molecule has 0 N–H and O–H groups in total. The van der Waals surface area contributed by atoms with Crippen LogP contribution in [0.3, 0.4) is 0 Å². The van der Waals surface area contributed by atoms with Gasteiger partial charge in [-0.25, -0.2) is 0 Å². The monoisotopic (exact) mass is 156 g/mol. The zero-order chi connectivity index (χ0) is 8.91. The number of allylic oxidation sites excluding steroid dienone is 1. The van der Waals surface area contributed by atoms with Gasteiger partial charge >= 0.3 is 5.97 Å². The summed E-state index contributed by atoms with van der Waals surface area (Å²) in [7, 11) is 0. The van der Waals surface area contributed by atoms with Crippen LogP contribution in [0.1, 0.15) is 27.2 Å². The summed E-state index contributed by atoms with van der Waals surface area (Å²) in [6, 6.07) is 0. The van der Waals surface area contributed by atoms with Crippen LogP contribution in [0, 0.1) is 5.41 Å². The highest BCUT2D eigenvalue weighted by atomic mass is 16.5. The maximum atomic E-state index is 11.2. The van der Waals surface area contributed by atoms with E-state index in [-0.39, 0.29) is 5.97 Å². The van der Waals surface area contributed by atoms with E-state index in [2.05, 4.69) is 6.58 Å². The van der Waals surface area contributed by atoms with Crippen LogP contribution < -0.4 is 0 Å². The summed E-state index contributed by atoms with van der Waals surface area (Å²) in [5.41, 5.74) is -0.419. The Kier molecular flexibility index (Phi) is 3.86. The van der Waals surface area contributed by atoms with Gasteiger partial charge in [-0.2, -0.15) is 0 Å². The minimum atomic E-state index is -0.419. The topological polar surface area (TPSA) is 26.3 Å². The molecule has 64 valence electrons. The third-order valence-electron chi connectivity index (χ3n) is 1.48. The van der Waals surface area contributed by atoms with Gasteiger partial charge in [-0.15, -0.1) is 6.58 Å². The third kappa shape index (κ3) is 3.21. The van der Waals surface area contributed by atoms with E-state index >= 15 is 0 Å². The maximum absolute atomic E-state index is 11.2. The number of carbonyl (C=O) groups is 1. The molecule has 0 rings (SSSR count). The number of esters is 1. The van der Waals surface area contributed by atoms with Gasteiger partial charge in [-0.1, -0.05) is 6.08 Å². The summed E-state index contributed by atoms with van der Waals surface area (Å²) in [5.74, 6) is -0.153. The van der Waals surface area contributed by atoms with E-state index in [4.69, 9.17) is 4.74 Å². The highest BCUT2D eigenvalue weighted by Crippen LogP contribution is 2.22. The first-order valence-corrected chi connectivity index (χ1v) is 3.82. The Morgan fingerprint density at radius 2 is 2.18 bits per heavy atom. The van der Waals surface area contributed by atoms with E-state index < -0.39 is 5.41 Å². The van der Waals surface area contributed by atoms with Crippen molar-refractivity contribution in [3.63, 3.8) is 0 Å². The second kappa shape index (κ2) is 4.16. The first-order chi connectivity index (χ1) is 5.04. The van der Waals surface area contributed by atoms with Crippen molar-refractivity contribution in [2.75, 3.05) is 6.61 Å². The molecule has 2 heteroatoms. The average Bonchev–Trinajstić information content (AvgIpc) is 1.88. The Hall–Kier alpha value is -0.790. The lowest BCUT2D eigenvalue weighted by atomic mass is 9.90. The van der Waals surface area contributed by atoms with Gasteiger partial charge in [-0.05, 0) is 27.2 Å². The molecule has 0 fully saturated rings. The summed E-state index contributed by atoms with van der Waals surface area (Å²) in [5, 5.41) is 0. The van der Waals surface area contributed by atoms with Crippen LogP contribution in [0.5, 0.6) is 0 Å². The second-order valence-corrected chi connectivity index (χ2v) is 3.10. The van der Waals surface area contributed by atoms with Gasteiger partial charge in [0.1, 0.15) is 0 Å². The Morgan fingerprint density at radius 3 is 2.55 bits per heavy atom. The van der Waals surface area contributed by atoms with Gasteiger partial charge in [0.15, 0.2) is 0 Å². The van der Waals surface area contributed by atoms with Crippen LogP contribution in [0.2, 0.25) is 0 Å². The summed E-state index contributed by atoms with van der Waals surface area (Å²) >= 11 is 0. The summed E-state index contributed by atoms with van der Waals surface area (Å²) < 4.78 is 4.87. The number of ether oxygens (including phenoxy) is 1. The lowest BCUT2D eigenvalue weighted by Gasteiger charge is -2.19. The standard InChI is InChI=1S/C9H16O2/c1-5-7-9(3,4)8(10)11-6-2/h5H,1,6-7H2,2-4H3. The van der Waals surface area contributed by atoms with Gasteiger partial charge in [0.2, 0.25) is 0 Å². The minimum absolute atomic E-state index is 0.153. The van der Waals surface area contributed by atoms with Gasteiger partial charge in [-0.3, -0.25) is 4.79 Å². The average molecular weight is 156 g/mol. The summed E-state index contributed by atoms with van der Waals surface area (Å²) in [6.07, 6.45) is 2.39. The molecule has 0 amide bonds. The molecule has 11 heavy (non-hydrogen) atoms. The molecule has 0 unspecified atom stereocenters. The van der Waals surface area contributed by atoms with E-state index in [1.54, 1.807) is 6.08 Å². The quantitative estimate of drug-likeness (QED) is 0.460. The summed E-state index contributed by atoms with van der Waals surface area (Å²) in [4.78, 5) is 11.2. The van der Waals surface area contributed by atoms with Crippen molar-refractivity contribution in [3.8, 4) is 0 Å². The van der Waals surface area contributed by atoms with Crippen molar-refractivity contribution in [2.45, 2.75) is 27.2 Å². The van der Waals surface area contributed by atoms with Crippen LogP contribution in [-0.4, -0.2) is 12.6 Å². The third-order valence-corrected chi connectivity index (χ3v) is 1.48. The van der Waals surface area contributed by atoms with Gasteiger partial charge in [0, 0.05) is 0 Å². The predicted molar refractivity (Wildman–Crippen MR) is 45.2 cm³/mol. The molecule has 0 aromatic heterocycles. The molecule has 0 heterocycles. The maximum Gasteiger partial charge on any atom is 0.311 e. The molecule has 0 saturated carbocycles. The smallest absolute Gasteiger partial charge is 0.311 e. The highest BCUT2D eigenvalue weighted by molar-refractivity contribution is 5.76. The molecule has 0 aliphatic heterocycles. The molecule has 0 atom stereocenters. The number of rotatable bonds is 4. The molecule has 0 aliphatic carbocycles. The number of carbonyl (C=O) groups excluding carboxylic acids is 1. The molecule has 0 saturated heterocycles. The highest BCUT2D eigenvalue weighted by Gasteiger charge is 2.27. The second-order valence-electron chi connectivity index (χ2n) is 3.10. The van der Waals surface area contributed by atoms with Crippen LogP contribution in [0.15, 0.2) is 12.7 Å². The van der Waals surface area contributed by atoms with Gasteiger partial charge < -0.3 is 4.74 Å². The molecule has 0 aromatic rings. The van der Waals surface area contributed by atoms with E-state index in [0.29, 0.717) is 13.0 Å². The SMILES string of the molecule is C=CCC(C)(C)C(=O)OCC. The Labute approximate surface area is 68.2 Å². The van der Waals surface area contributed by atoms with Crippen LogP contribution in [-0.2, 0) is 9.53 Å². The van der Waals surface area contributed by atoms with Gasteiger partial charge in [0.25, 0.3) is 0 Å². The molecule has 0 aromatic carbocycles. The first kappa shape index (κ1) is 10.2. The number of hydrogen-bond acceptors (Lipinski definition) is 2. The molecular formula is C9H16O2. The Bertz CT molecular complexity index is 148. The summed E-state index contributed by atoms with van der Waals surface area (Å²) in [6.45, 7) is 9.54. The van der Waals surface area contributed by atoms with E-state index in [0.717, 1.165) is 0 Å². The zero-order valence-corrected chi connectivity index (χ0v) is 7.52. The zero-order valence-electron chi connectivity index (χ0n) is 7.52. The van der Waals surface area contributed by atoms with Crippen molar-refractivity contribution in [1.29, 1.82) is 0 Å². The van der Waals surface area contributed by atoms with E-state index in [9.17, 15) is 4.79 Å². The predicted octanol–water partition coefficient (Wildman–Crippen LogP) is 2.15. The fourth-order valence-corrected chi connectivity index (χ4v) is 0.771. The Balaban J connectivity index is 4.05. The lowest BCUT2D eigenvalue weighted by Crippen LogP contribution is -2.25. The van der Waals surface area contributed by atoms with Crippen molar-refractivity contribution >= 4 is 5.97 Å². The molecule has 0 aliphatic rings. The first-order valence-electron chi connectivity index (χ1n) is 3.82. The van der Waals surface area contributed by atoms with Crippen LogP contribution in [0.25, 0.3) is 0 Å². The fourth-order valence-electron chi connectivity index (χ4n) is 0.771. The van der Waals surface area contributed by atoms with Crippen LogP contribution >= 0.6 is 0 Å². The van der Waals surface area contributed by atoms with E-state index in [1.165, 1.54) is 0 Å². The minimum Gasteiger partial charge on any atom is -0.466 e. The lowest BCUT2D eigenvalue weighted by molar-refractivity contribution is -0.153. The molecule has 0 bridgehead atoms. The van der Waals surface area contributed by atoms with Crippen molar-refractivity contribution in [2.24, 2.45) is 5.41 Å². The number of hydrogen-bond donors (Lipinski definition) is 0. The van der Waals surface area contributed by atoms with Gasteiger partial charge in [0.05, 0.1) is 12.0 Å². The molecule has 0 radical (unpaired) electrons. The van der Waals surface area contributed by atoms with Crippen molar-refractivity contribution in [3.05, 3.63) is 12.7 Å². The Morgan fingerprint density at radius 1 is 1.64 bits per heavy atom.